The summed E-state index contributed by atoms with van der Waals surface area (Å²) >= 11 is 4.77. The van der Waals surface area contributed by atoms with Crippen LogP contribution in [0.4, 0.5) is 10.1 Å². The summed E-state index contributed by atoms with van der Waals surface area (Å²) in [5, 5.41) is 2.96. The molecule has 2 aromatic carbocycles. The number of nitrogens with two attached hydrogens (primary N) is 1. The van der Waals surface area contributed by atoms with E-state index in [1.165, 1.54) is 19.2 Å². The molecular weight excluding hydrogens is 291 g/mol. The predicted molar refractivity (Wildman–Crippen MR) is 83.6 cm³/mol. The van der Waals surface area contributed by atoms with Gasteiger partial charge in [0, 0.05) is 5.69 Å². The summed E-state index contributed by atoms with van der Waals surface area (Å²) in [5.74, 6) is -1.34. The van der Waals surface area contributed by atoms with Crippen molar-refractivity contribution in [2.24, 2.45) is 5.73 Å². The molecule has 2 aromatic rings. The van der Waals surface area contributed by atoms with Crippen molar-refractivity contribution in [1.29, 1.82) is 0 Å². The Balaban J connectivity index is 2.36. The summed E-state index contributed by atoms with van der Waals surface area (Å²) in [6, 6.07) is 11.5. The monoisotopic (exact) mass is 304 g/mol. The maximum atomic E-state index is 13.9. The van der Waals surface area contributed by atoms with E-state index in [9.17, 15) is 9.18 Å². The Hall–Kier alpha value is -2.47. The molecule has 0 unspecified atom stereocenters. The van der Waals surface area contributed by atoms with Gasteiger partial charge in [-0.3, -0.25) is 0 Å². The van der Waals surface area contributed by atoms with Crippen LogP contribution in [-0.4, -0.2) is 18.2 Å². The summed E-state index contributed by atoms with van der Waals surface area (Å²) < 4.78 is 18.4. The van der Waals surface area contributed by atoms with E-state index in [4.69, 9.17) is 18.0 Å². The molecule has 0 bridgehead atoms. The van der Waals surface area contributed by atoms with Crippen LogP contribution in [0.15, 0.2) is 42.5 Å². The summed E-state index contributed by atoms with van der Waals surface area (Å²) in [5.41, 5.74) is 7.42. The minimum atomic E-state index is -0.706. The fourth-order valence-corrected chi connectivity index (χ4v) is 2.01. The first-order valence-electron chi connectivity index (χ1n) is 6.06. The lowest BCUT2D eigenvalue weighted by Crippen LogP contribution is -2.18. The van der Waals surface area contributed by atoms with Crippen molar-refractivity contribution in [3.8, 4) is 11.1 Å². The molecule has 0 saturated carbocycles. The third-order valence-electron chi connectivity index (χ3n) is 2.84. The number of halogens is 1. The predicted octanol–water partition coefficient (Wildman–Crippen LogP) is 2.93. The molecule has 4 nitrogen and oxygen atoms in total. The number of hydrogen-bond acceptors (Lipinski definition) is 3. The number of nitrogens with one attached hydrogen (secondary N) is 1. The van der Waals surface area contributed by atoms with Gasteiger partial charge in [-0.05, 0) is 47.6 Å². The number of carbonyl (C=O) groups is 1. The van der Waals surface area contributed by atoms with Crippen LogP contribution >= 0.6 is 12.2 Å². The number of methoxy groups -OCH3 is 1. The van der Waals surface area contributed by atoms with Crippen molar-refractivity contribution < 1.29 is 13.9 Å². The van der Waals surface area contributed by atoms with Gasteiger partial charge in [-0.1, -0.05) is 18.2 Å². The lowest BCUT2D eigenvalue weighted by Gasteiger charge is -2.08. The van der Waals surface area contributed by atoms with E-state index < -0.39 is 11.8 Å². The zero-order chi connectivity index (χ0) is 15.4. The molecule has 0 aliphatic rings. The number of thiocarbonyl (C=S) groups is 1. The lowest BCUT2D eigenvalue weighted by atomic mass is 10.0. The topological polar surface area (TPSA) is 64.3 Å². The molecule has 0 amide bonds. The largest absolute Gasteiger partial charge is 0.465 e. The number of anilines is 1. The average molecular weight is 304 g/mol. The maximum absolute atomic E-state index is 13.9. The van der Waals surface area contributed by atoms with E-state index in [2.05, 4.69) is 10.1 Å². The maximum Gasteiger partial charge on any atom is 0.340 e. The van der Waals surface area contributed by atoms with Gasteiger partial charge in [-0.15, -0.1) is 0 Å². The number of carbonyl (C=O) groups excluding carboxylic acids is 1. The molecule has 21 heavy (non-hydrogen) atoms. The van der Waals surface area contributed by atoms with Crippen molar-refractivity contribution in [3.05, 3.63) is 53.8 Å². The van der Waals surface area contributed by atoms with E-state index in [-0.39, 0.29) is 10.7 Å². The van der Waals surface area contributed by atoms with Crippen LogP contribution in [0.1, 0.15) is 10.4 Å². The molecule has 108 valence electrons. The third kappa shape index (κ3) is 3.55. The zero-order valence-electron chi connectivity index (χ0n) is 11.2. The van der Waals surface area contributed by atoms with Gasteiger partial charge >= 0.3 is 5.97 Å². The van der Waals surface area contributed by atoms with Gasteiger partial charge in [0.05, 0.1) is 12.7 Å². The zero-order valence-corrected chi connectivity index (χ0v) is 12.0. The van der Waals surface area contributed by atoms with Crippen LogP contribution in [0.25, 0.3) is 11.1 Å². The van der Waals surface area contributed by atoms with Crippen LogP contribution in [0, 0.1) is 5.82 Å². The first kappa shape index (κ1) is 14.9. The first-order valence-corrected chi connectivity index (χ1v) is 6.47. The van der Waals surface area contributed by atoms with Crippen LogP contribution in [0.2, 0.25) is 0 Å². The Labute approximate surface area is 126 Å². The molecule has 0 fully saturated rings. The molecule has 3 N–H and O–H groups in total. The highest BCUT2D eigenvalue weighted by Crippen LogP contribution is 2.25. The number of esters is 1. The Kier molecular flexibility index (Phi) is 4.49. The SMILES string of the molecule is COC(=O)c1ccc(-c2cccc(NC(N)=S)c2)cc1F. The van der Waals surface area contributed by atoms with E-state index in [1.807, 2.05) is 6.07 Å². The van der Waals surface area contributed by atoms with Gasteiger partial charge < -0.3 is 15.8 Å². The molecule has 0 aliphatic carbocycles. The van der Waals surface area contributed by atoms with Crippen LogP contribution in [0.5, 0.6) is 0 Å². The van der Waals surface area contributed by atoms with Gasteiger partial charge in [0.25, 0.3) is 0 Å². The minimum Gasteiger partial charge on any atom is -0.465 e. The van der Waals surface area contributed by atoms with Gasteiger partial charge in [0.1, 0.15) is 5.82 Å². The summed E-state index contributed by atoms with van der Waals surface area (Å²) in [4.78, 5) is 11.4. The minimum absolute atomic E-state index is 0.0985. The lowest BCUT2D eigenvalue weighted by molar-refractivity contribution is 0.0595. The van der Waals surface area contributed by atoms with Crippen molar-refractivity contribution in [1.82, 2.24) is 0 Å². The van der Waals surface area contributed by atoms with E-state index in [0.29, 0.717) is 11.3 Å². The second-order valence-electron chi connectivity index (χ2n) is 4.26. The van der Waals surface area contributed by atoms with Gasteiger partial charge in [-0.2, -0.15) is 0 Å². The Morgan fingerprint density at radius 3 is 2.57 bits per heavy atom. The molecule has 0 atom stereocenters. The molecule has 6 heteroatoms. The molecule has 0 aliphatic heterocycles. The second-order valence-corrected chi connectivity index (χ2v) is 4.70. The molecule has 0 spiro atoms. The van der Waals surface area contributed by atoms with Crippen molar-refractivity contribution in [2.75, 3.05) is 12.4 Å². The Morgan fingerprint density at radius 2 is 1.95 bits per heavy atom. The number of hydrogen-bond donors (Lipinski definition) is 2. The third-order valence-corrected chi connectivity index (χ3v) is 2.94. The molecular formula is C15H13FN2O2S. The summed E-state index contributed by atoms with van der Waals surface area (Å²) in [6.45, 7) is 0. The summed E-state index contributed by atoms with van der Waals surface area (Å²) in [6.07, 6.45) is 0. The smallest absolute Gasteiger partial charge is 0.340 e. The molecule has 2 rings (SSSR count). The van der Waals surface area contributed by atoms with Crippen molar-refractivity contribution >= 4 is 29.0 Å². The quantitative estimate of drug-likeness (QED) is 0.674. The van der Waals surface area contributed by atoms with E-state index in [0.717, 1.165) is 5.56 Å². The average Bonchev–Trinajstić information content (AvgIpc) is 2.46. The van der Waals surface area contributed by atoms with Gasteiger partial charge in [0.15, 0.2) is 5.11 Å². The highest BCUT2D eigenvalue weighted by molar-refractivity contribution is 7.80. The highest BCUT2D eigenvalue weighted by atomic mass is 32.1. The van der Waals surface area contributed by atoms with Crippen LogP contribution < -0.4 is 11.1 Å². The number of benzene rings is 2. The molecule has 0 radical (unpaired) electrons. The molecule has 0 saturated heterocycles. The number of ether oxygens (including phenoxy) is 1. The first-order chi connectivity index (χ1) is 10.0. The fraction of sp³-hybridized carbons (Fsp3) is 0.0667. The van der Waals surface area contributed by atoms with E-state index >= 15 is 0 Å². The highest BCUT2D eigenvalue weighted by Gasteiger charge is 2.13. The molecule has 0 aromatic heterocycles. The van der Waals surface area contributed by atoms with Gasteiger partial charge in [-0.25, -0.2) is 9.18 Å². The van der Waals surface area contributed by atoms with Crippen LogP contribution in [0.3, 0.4) is 0 Å². The van der Waals surface area contributed by atoms with Crippen LogP contribution in [-0.2, 0) is 4.74 Å². The normalized spacial score (nSPS) is 10.0. The van der Waals surface area contributed by atoms with E-state index in [1.54, 1.807) is 24.3 Å². The Bertz CT molecular complexity index is 704. The molecule has 0 heterocycles. The second kappa shape index (κ2) is 6.32. The Morgan fingerprint density at radius 1 is 1.24 bits per heavy atom. The van der Waals surface area contributed by atoms with Crippen molar-refractivity contribution in [3.63, 3.8) is 0 Å². The van der Waals surface area contributed by atoms with Crippen molar-refractivity contribution in [2.45, 2.75) is 0 Å². The standard InChI is InChI=1S/C15H13FN2O2S/c1-20-14(19)12-6-5-10(8-13(12)16)9-3-2-4-11(7-9)18-15(17)21/h2-8H,1H3,(H3,17,18,21). The number of rotatable bonds is 3. The van der Waals surface area contributed by atoms with Gasteiger partial charge in [0.2, 0.25) is 0 Å². The fourth-order valence-electron chi connectivity index (χ4n) is 1.89. The summed E-state index contributed by atoms with van der Waals surface area (Å²) in [7, 11) is 1.21.